The molecule has 27 heavy (non-hydrogen) atoms. The highest BCUT2D eigenvalue weighted by atomic mass is 16.6. The van der Waals surface area contributed by atoms with Crippen molar-refractivity contribution in [2.24, 2.45) is 0 Å². The molecule has 1 aliphatic heterocycles. The van der Waals surface area contributed by atoms with Crippen LogP contribution in [0.4, 0.5) is 10.5 Å². The van der Waals surface area contributed by atoms with Crippen molar-refractivity contribution in [3.63, 3.8) is 0 Å². The van der Waals surface area contributed by atoms with Crippen molar-refractivity contribution < 1.29 is 19.2 Å². The van der Waals surface area contributed by atoms with Crippen LogP contribution in [0.25, 0.3) is 0 Å². The Morgan fingerprint density at radius 3 is 2.74 bits per heavy atom. The molecule has 2 aromatic rings. The van der Waals surface area contributed by atoms with Crippen LogP contribution in [0.5, 0.6) is 0 Å². The molecule has 7 heteroatoms. The molecule has 1 atom stereocenters. The summed E-state index contributed by atoms with van der Waals surface area (Å²) in [6, 6.07) is 12.9. The van der Waals surface area contributed by atoms with Crippen LogP contribution in [0, 0.1) is 10.1 Å². The van der Waals surface area contributed by atoms with Gasteiger partial charge in [0, 0.05) is 30.7 Å². The van der Waals surface area contributed by atoms with Crippen LogP contribution >= 0.6 is 0 Å². The van der Waals surface area contributed by atoms with Crippen LogP contribution in [-0.2, 0) is 11.2 Å². The number of nitro benzene ring substituents is 1. The monoisotopic (exact) mass is 368 g/mol. The lowest BCUT2D eigenvalue weighted by Gasteiger charge is -2.36. The van der Waals surface area contributed by atoms with Gasteiger partial charge in [0.25, 0.3) is 5.69 Å². The number of rotatable bonds is 5. The van der Waals surface area contributed by atoms with Gasteiger partial charge < -0.3 is 9.64 Å². The van der Waals surface area contributed by atoms with Gasteiger partial charge in [-0.25, -0.2) is 4.79 Å². The molecule has 0 radical (unpaired) electrons. The van der Waals surface area contributed by atoms with E-state index in [4.69, 9.17) is 4.74 Å². The summed E-state index contributed by atoms with van der Waals surface area (Å²) in [5.74, 6) is -0.255. The molecule has 7 nitrogen and oxygen atoms in total. The molecule has 1 aliphatic rings. The van der Waals surface area contributed by atoms with Crippen LogP contribution in [0.3, 0.4) is 0 Å². The normalized spacial score (nSPS) is 15.7. The molecule has 0 saturated carbocycles. The third-order valence-electron chi connectivity index (χ3n) is 4.67. The molecule has 0 N–H and O–H groups in total. The average Bonchev–Trinajstić information content (AvgIpc) is 2.68. The second-order valence-electron chi connectivity index (χ2n) is 6.29. The van der Waals surface area contributed by atoms with Crippen LogP contribution in [0.2, 0.25) is 0 Å². The number of benzene rings is 2. The van der Waals surface area contributed by atoms with E-state index in [1.54, 1.807) is 17.9 Å². The zero-order chi connectivity index (χ0) is 19.4. The zero-order valence-corrected chi connectivity index (χ0v) is 15.0. The Morgan fingerprint density at radius 2 is 2.00 bits per heavy atom. The lowest BCUT2D eigenvalue weighted by atomic mass is 9.89. The number of hydrogen-bond acceptors (Lipinski definition) is 5. The van der Waals surface area contributed by atoms with Gasteiger partial charge in [0.15, 0.2) is 5.78 Å². The number of hydrogen-bond donors (Lipinski definition) is 0. The molecular formula is C20H20N2O5. The fourth-order valence-electron chi connectivity index (χ4n) is 3.38. The quantitative estimate of drug-likeness (QED) is 0.453. The molecule has 1 amide bonds. The summed E-state index contributed by atoms with van der Waals surface area (Å²) >= 11 is 0. The lowest BCUT2D eigenvalue weighted by molar-refractivity contribution is -0.384. The second-order valence-corrected chi connectivity index (χ2v) is 6.29. The maximum Gasteiger partial charge on any atom is 0.410 e. The van der Waals surface area contributed by atoms with E-state index in [1.165, 1.54) is 18.2 Å². The first-order chi connectivity index (χ1) is 13.0. The van der Waals surface area contributed by atoms with E-state index >= 15 is 0 Å². The van der Waals surface area contributed by atoms with Crippen LogP contribution < -0.4 is 0 Å². The summed E-state index contributed by atoms with van der Waals surface area (Å²) in [4.78, 5) is 37.2. The number of non-ortho nitro benzene ring substituents is 1. The van der Waals surface area contributed by atoms with Crippen molar-refractivity contribution in [2.45, 2.75) is 25.8 Å². The number of nitro groups is 1. The fraction of sp³-hybridized carbons (Fsp3) is 0.300. The van der Waals surface area contributed by atoms with E-state index in [0.717, 1.165) is 11.1 Å². The number of amides is 1. The number of fused-ring (bicyclic) bond motifs is 1. The largest absolute Gasteiger partial charge is 0.450 e. The highest BCUT2D eigenvalue weighted by Gasteiger charge is 2.33. The molecule has 0 aliphatic carbocycles. The van der Waals surface area contributed by atoms with Crippen molar-refractivity contribution in [3.8, 4) is 0 Å². The van der Waals surface area contributed by atoms with Gasteiger partial charge in [0.2, 0.25) is 0 Å². The number of carbonyl (C=O) groups is 2. The van der Waals surface area contributed by atoms with E-state index in [2.05, 4.69) is 0 Å². The Hall–Kier alpha value is -3.22. The van der Waals surface area contributed by atoms with Gasteiger partial charge in [0.1, 0.15) is 0 Å². The van der Waals surface area contributed by atoms with Crippen molar-refractivity contribution >= 4 is 17.6 Å². The number of ether oxygens (including phenoxy) is 1. The maximum absolute atomic E-state index is 12.8. The molecular weight excluding hydrogens is 348 g/mol. The number of nitrogens with zero attached hydrogens (tertiary/aromatic N) is 2. The molecule has 2 aromatic carbocycles. The van der Waals surface area contributed by atoms with E-state index < -0.39 is 17.1 Å². The Balaban J connectivity index is 1.91. The highest BCUT2D eigenvalue weighted by molar-refractivity contribution is 5.97. The van der Waals surface area contributed by atoms with E-state index in [0.29, 0.717) is 13.0 Å². The first-order valence-electron chi connectivity index (χ1n) is 8.80. The molecule has 0 fully saturated rings. The minimum Gasteiger partial charge on any atom is -0.450 e. The van der Waals surface area contributed by atoms with Crippen LogP contribution in [-0.4, -0.2) is 34.9 Å². The standard InChI is InChI=1S/C20H20N2O5/c1-2-27-20(24)21-11-10-14-6-3-4-9-17(14)18(21)13-19(23)15-7-5-8-16(12-15)22(25)26/h3-9,12,18H,2,10-11,13H2,1H3. The zero-order valence-electron chi connectivity index (χ0n) is 15.0. The van der Waals surface area contributed by atoms with Gasteiger partial charge in [-0.1, -0.05) is 36.4 Å². The second kappa shape index (κ2) is 7.99. The molecule has 140 valence electrons. The molecule has 1 heterocycles. The minimum atomic E-state index is -0.530. The number of ketones is 1. The van der Waals surface area contributed by atoms with Gasteiger partial charge in [0.05, 0.1) is 17.6 Å². The van der Waals surface area contributed by atoms with Gasteiger partial charge >= 0.3 is 6.09 Å². The van der Waals surface area contributed by atoms with E-state index in [-0.39, 0.29) is 30.1 Å². The molecule has 0 saturated heterocycles. The summed E-state index contributed by atoms with van der Waals surface area (Å²) in [6.07, 6.45) is 0.275. The van der Waals surface area contributed by atoms with Crippen molar-refractivity contribution in [3.05, 3.63) is 75.3 Å². The molecule has 3 rings (SSSR count). The maximum atomic E-state index is 12.8. The molecule has 0 bridgehead atoms. The molecule has 0 aromatic heterocycles. The summed E-state index contributed by atoms with van der Waals surface area (Å²) in [6.45, 7) is 2.45. The van der Waals surface area contributed by atoms with E-state index in [1.807, 2.05) is 24.3 Å². The third-order valence-corrected chi connectivity index (χ3v) is 4.67. The topological polar surface area (TPSA) is 89.8 Å². The Labute approximate surface area is 156 Å². The van der Waals surface area contributed by atoms with Gasteiger partial charge in [-0.15, -0.1) is 0 Å². The number of carbonyl (C=O) groups excluding carboxylic acids is 2. The number of Topliss-reactive ketones (excluding diaryl/α,β-unsaturated/α-hetero) is 1. The third kappa shape index (κ3) is 3.97. The van der Waals surface area contributed by atoms with Crippen molar-refractivity contribution in [1.82, 2.24) is 4.90 Å². The summed E-state index contributed by atoms with van der Waals surface area (Å²) < 4.78 is 5.15. The highest BCUT2D eigenvalue weighted by Crippen LogP contribution is 2.34. The van der Waals surface area contributed by atoms with Gasteiger partial charge in [-0.3, -0.25) is 14.9 Å². The first-order valence-corrected chi connectivity index (χ1v) is 8.80. The van der Waals surface area contributed by atoms with Crippen LogP contribution in [0.1, 0.15) is 40.9 Å². The van der Waals surface area contributed by atoms with Crippen LogP contribution in [0.15, 0.2) is 48.5 Å². The SMILES string of the molecule is CCOC(=O)N1CCc2ccccc2C1CC(=O)c1cccc([N+](=O)[O-])c1. The minimum absolute atomic E-state index is 0.0387. The summed E-state index contributed by atoms with van der Waals surface area (Å²) in [7, 11) is 0. The summed E-state index contributed by atoms with van der Waals surface area (Å²) in [5.41, 5.74) is 2.13. The Morgan fingerprint density at radius 1 is 1.22 bits per heavy atom. The van der Waals surface area contributed by atoms with Crippen molar-refractivity contribution in [2.75, 3.05) is 13.2 Å². The van der Waals surface area contributed by atoms with Crippen molar-refractivity contribution in [1.29, 1.82) is 0 Å². The Bertz CT molecular complexity index is 880. The predicted molar refractivity (Wildman–Crippen MR) is 98.7 cm³/mol. The molecule has 1 unspecified atom stereocenters. The average molecular weight is 368 g/mol. The lowest BCUT2D eigenvalue weighted by Crippen LogP contribution is -2.41. The smallest absolute Gasteiger partial charge is 0.410 e. The summed E-state index contributed by atoms with van der Waals surface area (Å²) in [5, 5.41) is 11.0. The fourth-order valence-corrected chi connectivity index (χ4v) is 3.38. The molecule has 0 spiro atoms. The predicted octanol–water partition coefficient (Wildman–Crippen LogP) is 3.92. The van der Waals surface area contributed by atoms with Gasteiger partial charge in [-0.2, -0.15) is 0 Å². The van der Waals surface area contributed by atoms with E-state index in [9.17, 15) is 19.7 Å². The van der Waals surface area contributed by atoms with Gasteiger partial charge in [-0.05, 0) is 24.5 Å². The first kappa shape index (κ1) is 18.6. The Kier molecular flexibility index (Phi) is 5.49.